The zero-order valence-corrected chi connectivity index (χ0v) is 20.0. The fraction of sp³-hybridized carbons (Fsp3) is 0.565. The van der Waals surface area contributed by atoms with Crippen molar-refractivity contribution in [1.29, 1.82) is 0 Å². The first-order chi connectivity index (χ1) is 16.0. The van der Waals surface area contributed by atoms with Crippen molar-refractivity contribution in [2.24, 2.45) is 0 Å². The lowest BCUT2D eigenvalue weighted by Crippen LogP contribution is -2.48. The number of likely N-dealkylation sites (tertiary alicyclic amines) is 1. The number of morpholine rings is 1. The first kappa shape index (κ1) is 22.2. The van der Waals surface area contributed by atoms with Crippen LogP contribution >= 0.6 is 11.8 Å². The van der Waals surface area contributed by atoms with Crippen LogP contribution in [0.2, 0.25) is 0 Å². The molecule has 2 saturated heterocycles. The number of imidazole rings is 1. The number of benzene rings is 1. The number of ether oxygens (including phenoxy) is 1. The molecule has 2 fully saturated rings. The average Bonchev–Trinajstić information content (AvgIpc) is 3.37. The van der Waals surface area contributed by atoms with Crippen molar-refractivity contribution in [3.63, 3.8) is 0 Å². The molecule has 2 aromatic heterocycles. The molecule has 4 heterocycles. The van der Waals surface area contributed by atoms with Gasteiger partial charge in [-0.15, -0.1) is 10.2 Å². The van der Waals surface area contributed by atoms with Crippen LogP contribution in [0.4, 0.5) is 0 Å². The molecule has 0 saturated carbocycles. The molecule has 2 aliphatic rings. The Balaban J connectivity index is 1.42. The molecule has 9 nitrogen and oxygen atoms in total. The maximum Gasteiger partial charge on any atom is 0.243 e. The number of amides is 2. The van der Waals surface area contributed by atoms with E-state index in [0.29, 0.717) is 43.0 Å². The Morgan fingerprint density at radius 1 is 1.03 bits per heavy atom. The number of hydrogen-bond acceptors (Lipinski definition) is 6. The van der Waals surface area contributed by atoms with Gasteiger partial charge in [-0.1, -0.05) is 23.9 Å². The molecule has 33 heavy (non-hydrogen) atoms. The largest absolute Gasteiger partial charge is 0.378 e. The van der Waals surface area contributed by atoms with Crippen molar-refractivity contribution in [3.05, 3.63) is 24.3 Å². The van der Waals surface area contributed by atoms with Gasteiger partial charge in [-0.05, 0) is 45.2 Å². The number of fused-ring (bicyclic) bond motifs is 3. The van der Waals surface area contributed by atoms with E-state index in [1.54, 1.807) is 0 Å². The third kappa shape index (κ3) is 4.21. The number of thioether (sulfide) groups is 1. The Morgan fingerprint density at radius 3 is 2.45 bits per heavy atom. The Kier molecular flexibility index (Phi) is 6.29. The number of para-hydroxylation sites is 2. The average molecular weight is 471 g/mol. The van der Waals surface area contributed by atoms with Crippen molar-refractivity contribution in [2.45, 2.75) is 56.9 Å². The lowest BCUT2D eigenvalue weighted by atomic mass is 9.97. The lowest BCUT2D eigenvalue weighted by molar-refractivity contribution is -0.137. The lowest BCUT2D eigenvalue weighted by Gasteiger charge is -2.39. The van der Waals surface area contributed by atoms with Gasteiger partial charge in [-0.3, -0.25) is 18.6 Å². The van der Waals surface area contributed by atoms with Crippen LogP contribution in [0, 0.1) is 0 Å². The number of hydrogen-bond donors (Lipinski definition) is 0. The zero-order valence-electron chi connectivity index (χ0n) is 19.1. The van der Waals surface area contributed by atoms with E-state index in [-0.39, 0.29) is 30.4 Å². The molecule has 10 heteroatoms. The minimum atomic E-state index is 0.0760. The molecule has 0 unspecified atom stereocenters. The first-order valence-electron chi connectivity index (χ1n) is 11.7. The smallest absolute Gasteiger partial charge is 0.243 e. The highest BCUT2D eigenvalue weighted by atomic mass is 32.2. The van der Waals surface area contributed by atoms with Gasteiger partial charge in [0.1, 0.15) is 6.54 Å². The normalized spacial score (nSPS) is 21.8. The highest BCUT2D eigenvalue weighted by Crippen LogP contribution is 2.28. The summed E-state index contributed by atoms with van der Waals surface area (Å²) in [5.74, 6) is 1.11. The summed E-state index contributed by atoms with van der Waals surface area (Å²) in [5.41, 5.74) is 1.88. The van der Waals surface area contributed by atoms with Gasteiger partial charge in [-0.25, -0.2) is 0 Å². The molecule has 3 aromatic rings. The Bertz CT molecular complexity index is 1160. The van der Waals surface area contributed by atoms with Gasteiger partial charge in [0, 0.05) is 25.2 Å². The summed E-state index contributed by atoms with van der Waals surface area (Å²) in [6.07, 6.45) is 3.25. The molecule has 2 aliphatic heterocycles. The van der Waals surface area contributed by atoms with Gasteiger partial charge in [0.05, 0.1) is 30.0 Å². The van der Waals surface area contributed by atoms with E-state index in [9.17, 15) is 9.59 Å². The van der Waals surface area contributed by atoms with Gasteiger partial charge in [0.2, 0.25) is 17.6 Å². The minimum absolute atomic E-state index is 0.0760. The van der Waals surface area contributed by atoms with Crippen LogP contribution in [0.1, 0.15) is 33.1 Å². The number of carbonyl (C=O) groups excluding carboxylic acids is 2. The maximum atomic E-state index is 13.4. The quantitative estimate of drug-likeness (QED) is 0.533. The van der Waals surface area contributed by atoms with Gasteiger partial charge in [-0.2, -0.15) is 0 Å². The fourth-order valence-electron chi connectivity index (χ4n) is 5.05. The molecule has 2 amide bonds. The second kappa shape index (κ2) is 9.34. The number of carbonyl (C=O) groups is 2. The van der Waals surface area contributed by atoms with Crippen LogP contribution in [-0.4, -0.2) is 84.9 Å². The number of aromatic nitrogens is 4. The van der Waals surface area contributed by atoms with Gasteiger partial charge >= 0.3 is 0 Å². The Hall–Kier alpha value is -2.59. The number of piperidine rings is 1. The molecule has 0 bridgehead atoms. The Labute approximate surface area is 197 Å². The molecule has 5 rings (SSSR count). The van der Waals surface area contributed by atoms with Crippen LogP contribution in [-0.2, 0) is 20.9 Å². The minimum Gasteiger partial charge on any atom is -0.378 e. The molecule has 0 spiro atoms. The molecule has 176 valence electrons. The van der Waals surface area contributed by atoms with Gasteiger partial charge in [0.15, 0.2) is 5.16 Å². The predicted octanol–water partition coefficient (Wildman–Crippen LogP) is 2.42. The van der Waals surface area contributed by atoms with Crippen LogP contribution in [0.5, 0.6) is 0 Å². The van der Waals surface area contributed by atoms with Crippen molar-refractivity contribution >= 4 is 40.4 Å². The molecular formula is C23H30N6O3S. The number of rotatable bonds is 5. The summed E-state index contributed by atoms with van der Waals surface area (Å²) in [7, 11) is 0. The summed E-state index contributed by atoms with van der Waals surface area (Å²) in [6.45, 7) is 6.92. The third-order valence-corrected chi connectivity index (χ3v) is 7.65. The van der Waals surface area contributed by atoms with Crippen LogP contribution < -0.4 is 0 Å². The van der Waals surface area contributed by atoms with E-state index < -0.39 is 0 Å². The van der Waals surface area contributed by atoms with Crippen molar-refractivity contribution < 1.29 is 14.3 Å². The van der Waals surface area contributed by atoms with Crippen LogP contribution in [0.25, 0.3) is 16.8 Å². The van der Waals surface area contributed by atoms with Gasteiger partial charge < -0.3 is 14.5 Å². The summed E-state index contributed by atoms with van der Waals surface area (Å²) >= 11 is 1.38. The fourth-order valence-corrected chi connectivity index (χ4v) is 5.89. The highest BCUT2D eigenvalue weighted by molar-refractivity contribution is 7.99. The highest BCUT2D eigenvalue weighted by Gasteiger charge is 2.30. The second-order valence-electron chi connectivity index (χ2n) is 8.90. The van der Waals surface area contributed by atoms with E-state index in [1.807, 2.05) is 43.0 Å². The van der Waals surface area contributed by atoms with E-state index in [2.05, 4.69) is 24.0 Å². The molecule has 0 aliphatic carbocycles. The Morgan fingerprint density at radius 2 is 1.73 bits per heavy atom. The zero-order chi connectivity index (χ0) is 22.9. The van der Waals surface area contributed by atoms with Crippen LogP contribution in [0.3, 0.4) is 0 Å². The summed E-state index contributed by atoms with van der Waals surface area (Å²) in [5, 5.41) is 9.45. The van der Waals surface area contributed by atoms with E-state index in [0.717, 1.165) is 30.3 Å². The third-order valence-electron chi connectivity index (χ3n) is 6.73. The maximum absolute atomic E-state index is 13.4. The van der Waals surface area contributed by atoms with Crippen molar-refractivity contribution in [2.75, 3.05) is 32.1 Å². The SMILES string of the molecule is C[C@@H]1CCC[C@H](C)N1C(=O)Cn1c2ccccc2n2c(SCC(=O)N3CCOCC3)nnc12. The molecule has 0 N–H and O–H groups in total. The number of nitrogens with zero attached hydrogens (tertiary/aromatic N) is 6. The van der Waals surface area contributed by atoms with Gasteiger partial charge in [0.25, 0.3) is 0 Å². The van der Waals surface area contributed by atoms with Crippen LogP contribution in [0.15, 0.2) is 29.4 Å². The van der Waals surface area contributed by atoms with Crippen molar-refractivity contribution in [3.8, 4) is 0 Å². The topological polar surface area (TPSA) is 85.0 Å². The van der Waals surface area contributed by atoms with Crippen molar-refractivity contribution in [1.82, 2.24) is 29.0 Å². The summed E-state index contributed by atoms with van der Waals surface area (Å²) in [4.78, 5) is 29.8. The van der Waals surface area contributed by atoms with E-state index >= 15 is 0 Å². The van der Waals surface area contributed by atoms with E-state index in [4.69, 9.17) is 4.74 Å². The second-order valence-corrected chi connectivity index (χ2v) is 9.85. The summed E-state index contributed by atoms with van der Waals surface area (Å²) in [6, 6.07) is 8.44. The first-order valence-corrected chi connectivity index (χ1v) is 12.6. The molecule has 0 radical (unpaired) electrons. The standard InChI is InChI=1S/C23H30N6O3S/c1-16-6-5-7-17(2)28(16)20(30)14-27-18-8-3-4-9-19(18)29-22(27)24-25-23(29)33-15-21(31)26-10-12-32-13-11-26/h3-4,8-9,16-17H,5-7,10-15H2,1-2H3/t16-,17+. The molecular weight excluding hydrogens is 440 g/mol. The predicted molar refractivity (Wildman–Crippen MR) is 126 cm³/mol. The molecule has 1 aromatic carbocycles. The monoisotopic (exact) mass is 470 g/mol. The molecule has 2 atom stereocenters. The van der Waals surface area contributed by atoms with E-state index in [1.165, 1.54) is 11.8 Å². The summed E-state index contributed by atoms with van der Waals surface area (Å²) < 4.78 is 9.25.